The van der Waals surface area contributed by atoms with Crippen LogP contribution in [0.5, 0.6) is 0 Å². The van der Waals surface area contributed by atoms with Crippen molar-refractivity contribution in [1.29, 1.82) is 0 Å². The van der Waals surface area contributed by atoms with Crippen LogP contribution in [0.4, 0.5) is 5.82 Å². The fourth-order valence-electron chi connectivity index (χ4n) is 3.23. The molecule has 0 aliphatic carbocycles. The highest BCUT2D eigenvalue weighted by atomic mass is 32.2. The van der Waals surface area contributed by atoms with Crippen molar-refractivity contribution in [1.82, 2.24) is 24.5 Å². The molecule has 8 nitrogen and oxygen atoms in total. The maximum Gasteiger partial charge on any atom is 0.235 e. The van der Waals surface area contributed by atoms with Gasteiger partial charge in [-0.05, 0) is 39.0 Å². The molecule has 9 heteroatoms. The number of anilines is 1. The molecule has 3 aromatic heterocycles. The van der Waals surface area contributed by atoms with Gasteiger partial charge >= 0.3 is 0 Å². The Morgan fingerprint density at radius 2 is 2.06 bits per heavy atom. The van der Waals surface area contributed by atoms with Gasteiger partial charge in [0.15, 0.2) is 11.0 Å². The first-order valence-corrected chi connectivity index (χ1v) is 11.0. The van der Waals surface area contributed by atoms with Crippen LogP contribution < -0.4 is 5.32 Å². The summed E-state index contributed by atoms with van der Waals surface area (Å²) in [5.41, 5.74) is 2.11. The number of hydrogen-bond donors (Lipinski definition) is 1. The zero-order valence-electron chi connectivity index (χ0n) is 17.6. The van der Waals surface area contributed by atoms with Gasteiger partial charge < -0.3 is 9.73 Å². The molecule has 31 heavy (non-hydrogen) atoms. The normalized spacial score (nSPS) is 11.2. The van der Waals surface area contributed by atoms with Crippen molar-refractivity contribution in [3.63, 3.8) is 0 Å². The Kier molecular flexibility index (Phi) is 6.22. The monoisotopic (exact) mass is 436 g/mol. The lowest BCUT2D eigenvalue weighted by atomic mass is 10.1. The smallest absolute Gasteiger partial charge is 0.235 e. The Morgan fingerprint density at radius 1 is 1.19 bits per heavy atom. The summed E-state index contributed by atoms with van der Waals surface area (Å²) in [5.74, 6) is 2.28. The molecule has 0 spiro atoms. The van der Waals surface area contributed by atoms with E-state index in [4.69, 9.17) is 4.42 Å². The molecule has 0 aliphatic heterocycles. The topological polar surface area (TPSA) is 90.8 Å². The summed E-state index contributed by atoms with van der Waals surface area (Å²) >= 11 is 1.34. The molecule has 4 rings (SSSR count). The number of aromatic nitrogens is 5. The van der Waals surface area contributed by atoms with E-state index in [-0.39, 0.29) is 17.7 Å². The van der Waals surface area contributed by atoms with Crippen LogP contribution in [0.15, 0.2) is 64.5 Å². The Bertz CT molecular complexity index is 1160. The molecule has 1 aromatic carbocycles. The van der Waals surface area contributed by atoms with E-state index in [2.05, 4.69) is 26.7 Å². The van der Waals surface area contributed by atoms with E-state index in [1.165, 1.54) is 11.8 Å². The highest BCUT2D eigenvalue weighted by Crippen LogP contribution is 2.26. The van der Waals surface area contributed by atoms with Crippen LogP contribution in [0.2, 0.25) is 0 Å². The maximum atomic E-state index is 12.6. The summed E-state index contributed by atoms with van der Waals surface area (Å²) < 4.78 is 9.28. The zero-order valence-corrected chi connectivity index (χ0v) is 18.5. The number of benzene rings is 1. The van der Waals surface area contributed by atoms with Crippen LogP contribution in [0, 0.1) is 6.92 Å². The van der Waals surface area contributed by atoms with Gasteiger partial charge in [0.2, 0.25) is 5.91 Å². The highest BCUT2D eigenvalue weighted by Gasteiger charge is 2.18. The van der Waals surface area contributed by atoms with Gasteiger partial charge in [-0.2, -0.15) is 5.10 Å². The molecule has 0 radical (unpaired) electrons. The third kappa shape index (κ3) is 4.88. The molecule has 160 valence electrons. The van der Waals surface area contributed by atoms with Crippen LogP contribution in [0.25, 0.3) is 11.4 Å². The lowest BCUT2D eigenvalue weighted by Crippen LogP contribution is -2.18. The average molecular weight is 437 g/mol. The Labute approximate surface area is 184 Å². The molecule has 0 unspecified atom stereocenters. The number of nitrogens with one attached hydrogen (secondary N) is 1. The largest absolute Gasteiger partial charge is 0.467 e. The summed E-state index contributed by atoms with van der Waals surface area (Å²) in [6, 6.07) is 13.8. The molecule has 0 bridgehead atoms. The molecule has 0 fully saturated rings. The van der Waals surface area contributed by atoms with Gasteiger partial charge in [-0.25, -0.2) is 4.68 Å². The van der Waals surface area contributed by atoms with Gasteiger partial charge in [0.1, 0.15) is 11.6 Å². The van der Waals surface area contributed by atoms with Crippen molar-refractivity contribution >= 4 is 23.5 Å². The third-order valence-electron chi connectivity index (χ3n) is 4.65. The Hall–Kier alpha value is -3.33. The van der Waals surface area contributed by atoms with E-state index in [9.17, 15) is 4.79 Å². The molecule has 0 saturated heterocycles. The number of carbonyl (C=O) groups is 1. The Balaban J connectivity index is 1.53. The minimum atomic E-state index is -0.128. The number of thioether (sulfide) groups is 1. The Morgan fingerprint density at radius 3 is 2.81 bits per heavy atom. The summed E-state index contributed by atoms with van der Waals surface area (Å²) in [6.45, 7) is 6.55. The first-order valence-electron chi connectivity index (χ1n) is 10.00. The van der Waals surface area contributed by atoms with Gasteiger partial charge in [-0.15, -0.1) is 10.2 Å². The lowest BCUT2D eigenvalue weighted by Gasteiger charge is -2.12. The average Bonchev–Trinajstić information content (AvgIpc) is 3.48. The van der Waals surface area contributed by atoms with E-state index in [0.29, 0.717) is 17.5 Å². The van der Waals surface area contributed by atoms with Gasteiger partial charge in [-0.1, -0.05) is 35.5 Å². The molecular formula is C22H24N6O2S. The minimum absolute atomic E-state index is 0.128. The number of carbonyl (C=O) groups excluding carboxylic acids is 1. The van der Waals surface area contributed by atoms with Crippen molar-refractivity contribution in [2.24, 2.45) is 0 Å². The summed E-state index contributed by atoms with van der Waals surface area (Å²) in [5, 5.41) is 16.6. The van der Waals surface area contributed by atoms with Crippen molar-refractivity contribution < 1.29 is 9.21 Å². The number of furan rings is 1. The SMILES string of the molecule is Cc1cccc(-c2nnc(SCC(=O)Nc3ccnn3C(C)C)n2Cc2ccco2)c1. The van der Waals surface area contributed by atoms with E-state index in [1.807, 2.05) is 55.7 Å². The van der Waals surface area contributed by atoms with Crippen LogP contribution in [0.1, 0.15) is 31.2 Å². The molecule has 0 saturated carbocycles. The fourth-order valence-corrected chi connectivity index (χ4v) is 3.97. The van der Waals surface area contributed by atoms with E-state index < -0.39 is 0 Å². The quantitative estimate of drug-likeness (QED) is 0.412. The second-order valence-electron chi connectivity index (χ2n) is 7.43. The number of nitrogens with zero attached hydrogens (tertiary/aromatic N) is 5. The second kappa shape index (κ2) is 9.22. The van der Waals surface area contributed by atoms with Gasteiger partial charge in [0.05, 0.1) is 24.8 Å². The first kappa shape index (κ1) is 20.9. The van der Waals surface area contributed by atoms with Gasteiger partial charge in [-0.3, -0.25) is 9.36 Å². The minimum Gasteiger partial charge on any atom is -0.467 e. The molecule has 3 heterocycles. The number of amides is 1. The van der Waals surface area contributed by atoms with Crippen molar-refractivity contribution in [3.05, 3.63) is 66.2 Å². The van der Waals surface area contributed by atoms with Gasteiger partial charge in [0.25, 0.3) is 0 Å². The van der Waals surface area contributed by atoms with E-state index in [0.717, 1.165) is 22.7 Å². The molecule has 1 N–H and O–H groups in total. The predicted molar refractivity (Wildman–Crippen MR) is 120 cm³/mol. The summed E-state index contributed by atoms with van der Waals surface area (Å²) in [4.78, 5) is 12.6. The third-order valence-corrected chi connectivity index (χ3v) is 5.61. The number of rotatable bonds is 8. The predicted octanol–water partition coefficient (Wildman–Crippen LogP) is 4.40. The highest BCUT2D eigenvalue weighted by molar-refractivity contribution is 7.99. The molecule has 4 aromatic rings. The second-order valence-corrected chi connectivity index (χ2v) is 8.38. The molecule has 0 aliphatic rings. The van der Waals surface area contributed by atoms with Crippen molar-refractivity contribution in [2.75, 3.05) is 11.1 Å². The van der Waals surface area contributed by atoms with Crippen LogP contribution in [-0.4, -0.2) is 36.2 Å². The van der Waals surface area contributed by atoms with Crippen LogP contribution in [-0.2, 0) is 11.3 Å². The van der Waals surface area contributed by atoms with Crippen molar-refractivity contribution in [3.8, 4) is 11.4 Å². The molecule has 1 amide bonds. The molecule has 0 atom stereocenters. The summed E-state index contributed by atoms with van der Waals surface area (Å²) in [6.07, 6.45) is 3.32. The number of hydrogen-bond acceptors (Lipinski definition) is 6. The van der Waals surface area contributed by atoms with Gasteiger partial charge in [0, 0.05) is 17.7 Å². The van der Waals surface area contributed by atoms with Crippen molar-refractivity contribution in [2.45, 2.75) is 38.5 Å². The van der Waals surface area contributed by atoms with E-state index in [1.54, 1.807) is 23.2 Å². The standard InChI is InChI=1S/C22H24N6O2S/c1-15(2)28-19(9-10-23-28)24-20(29)14-31-22-26-25-21(17-7-4-6-16(3)12-17)27(22)13-18-8-5-11-30-18/h4-12,15H,13-14H2,1-3H3,(H,24,29). The summed E-state index contributed by atoms with van der Waals surface area (Å²) in [7, 11) is 0. The lowest BCUT2D eigenvalue weighted by molar-refractivity contribution is -0.113. The fraction of sp³-hybridized carbons (Fsp3) is 0.273. The zero-order chi connectivity index (χ0) is 21.8. The van der Waals surface area contributed by atoms with Crippen LogP contribution in [0.3, 0.4) is 0 Å². The first-order chi connectivity index (χ1) is 15.0. The van der Waals surface area contributed by atoms with E-state index >= 15 is 0 Å². The molecular weight excluding hydrogens is 412 g/mol. The number of aryl methyl sites for hydroxylation is 1. The maximum absolute atomic E-state index is 12.6. The van der Waals surface area contributed by atoms with Crippen LogP contribution >= 0.6 is 11.8 Å².